The van der Waals surface area contributed by atoms with Gasteiger partial charge < -0.3 is 9.64 Å². The number of thioether (sulfide) groups is 1. The van der Waals surface area contributed by atoms with Crippen LogP contribution in [0.15, 0.2) is 4.99 Å². The van der Waals surface area contributed by atoms with Gasteiger partial charge in [0.25, 0.3) is 0 Å². The normalized spacial score (nSPS) is 11.5. The zero-order chi connectivity index (χ0) is 11.5. The van der Waals surface area contributed by atoms with Crippen LogP contribution in [0.3, 0.4) is 0 Å². The van der Waals surface area contributed by atoms with E-state index < -0.39 is 0 Å². The van der Waals surface area contributed by atoms with Crippen molar-refractivity contribution >= 4 is 16.9 Å². The number of hydrogen-bond donors (Lipinski definition) is 1. The number of rotatable bonds is 6. The molecule has 0 atom stereocenters. The quantitative estimate of drug-likeness (QED) is 0.235. The summed E-state index contributed by atoms with van der Waals surface area (Å²) in [5.41, 5.74) is 0. The highest BCUT2D eigenvalue weighted by Crippen LogP contribution is 1.93. The lowest BCUT2D eigenvalue weighted by atomic mass is 10.6. The molecular weight excluding hydrogens is 212 g/mol. The van der Waals surface area contributed by atoms with Crippen LogP contribution < -0.4 is 5.32 Å². The molecule has 0 heterocycles. The minimum atomic E-state index is 0.582. The van der Waals surface area contributed by atoms with E-state index in [9.17, 15) is 0 Å². The predicted octanol–water partition coefficient (Wildman–Crippen LogP) is 0.354. The Morgan fingerprint density at radius 1 is 1.53 bits per heavy atom. The lowest BCUT2D eigenvalue weighted by Crippen LogP contribution is -2.19. The van der Waals surface area contributed by atoms with Crippen LogP contribution in [-0.4, -0.2) is 56.7 Å². The maximum atomic E-state index is 8.38. The minimum Gasteiger partial charge on any atom is -0.378 e. The summed E-state index contributed by atoms with van der Waals surface area (Å²) in [5.74, 6) is 0. The van der Waals surface area contributed by atoms with Crippen LogP contribution in [-0.2, 0) is 4.74 Å². The molecule has 5 nitrogen and oxygen atoms in total. The smallest absolute Gasteiger partial charge is 0.183 e. The van der Waals surface area contributed by atoms with E-state index in [1.54, 1.807) is 0 Å². The first-order valence-electron chi connectivity index (χ1n) is 4.66. The van der Waals surface area contributed by atoms with Crippen molar-refractivity contribution in [2.45, 2.75) is 0 Å². The van der Waals surface area contributed by atoms with E-state index in [1.807, 2.05) is 26.5 Å². The first-order chi connectivity index (χ1) is 7.20. The Hall–Kier alpha value is -0.770. The zero-order valence-electron chi connectivity index (χ0n) is 9.49. The second-order valence-corrected chi connectivity index (χ2v) is 3.84. The van der Waals surface area contributed by atoms with Gasteiger partial charge in [0.2, 0.25) is 0 Å². The van der Waals surface area contributed by atoms with Crippen molar-refractivity contribution in [2.24, 2.45) is 4.99 Å². The van der Waals surface area contributed by atoms with E-state index in [-0.39, 0.29) is 0 Å². The molecule has 0 amide bonds. The second kappa shape index (κ2) is 9.77. The number of likely N-dealkylation sites (N-methyl/N-ethyl adjacent to an activating group) is 1. The molecule has 0 aromatic heterocycles. The molecule has 0 rings (SSSR count). The van der Waals surface area contributed by atoms with Crippen LogP contribution in [0.1, 0.15) is 0 Å². The number of nitrogens with zero attached hydrogens (tertiary/aromatic N) is 3. The van der Waals surface area contributed by atoms with E-state index in [0.29, 0.717) is 24.9 Å². The van der Waals surface area contributed by atoms with Crippen molar-refractivity contribution in [3.63, 3.8) is 0 Å². The van der Waals surface area contributed by atoms with Gasteiger partial charge in [0.15, 0.2) is 11.4 Å². The van der Waals surface area contributed by atoms with Crippen molar-refractivity contribution < 1.29 is 4.74 Å². The average Bonchev–Trinajstić information content (AvgIpc) is 2.21. The second-order valence-electron chi connectivity index (χ2n) is 3.04. The van der Waals surface area contributed by atoms with Crippen molar-refractivity contribution in [3.8, 4) is 6.19 Å². The highest BCUT2D eigenvalue weighted by molar-refractivity contribution is 8.13. The third kappa shape index (κ3) is 9.53. The average molecular weight is 230 g/mol. The van der Waals surface area contributed by atoms with Crippen LogP contribution in [0.5, 0.6) is 0 Å². The molecule has 0 fully saturated rings. The molecule has 15 heavy (non-hydrogen) atoms. The predicted molar refractivity (Wildman–Crippen MR) is 63.9 cm³/mol. The molecule has 0 unspecified atom stereocenters. The number of ether oxygens (including phenoxy) is 1. The maximum absolute atomic E-state index is 8.38. The minimum absolute atomic E-state index is 0.582. The fourth-order valence-corrected chi connectivity index (χ4v) is 1.13. The Morgan fingerprint density at radius 2 is 2.27 bits per heavy atom. The number of nitriles is 1. The summed E-state index contributed by atoms with van der Waals surface area (Å²) in [6.07, 6.45) is 3.71. The summed E-state index contributed by atoms with van der Waals surface area (Å²) >= 11 is 1.42. The van der Waals surface area contributed by atoms with Gasteiger partial charge in [-0.3, -0.25) is 10.3 Å². The summed E-state index contributed by atoms with van der Waals surface area (Å²) in [4.78, 5) is 6.22. The molecule has 0 aliphatic heterocycles. The van der Waals surface area contributed by atoms with Crippen LogP contribution in [0, 0.1) is 11.5 Å². The van der Waals surface area contributed by atoms with Gasteiger partial charge in [-0.2, -0.15) is 5.26 Å². The molecule has 0 aromatic carbocycles. The van der Waals surface area contributed by atoms with Gasteiger partial charge in [-0.25, -0.2) is 0 Å². The monoisotopic (exact) mass is 230 g/mol. The molecule has 0 bridgehead atoms. The molecule has 1 N–H and O–H groups in total. The highest BCUT2D eigenvalue weighted by atomic mass is 32.2. The third-order valence-electron chi connectivity index (χ3n) is 1.53. The summed E-state index contributed by atoms with van der Waals surface area (Å²) in [5, 5.41) is 11.5. The molecule has 0 aliphatic rings. The number of nitrogens with one attached hydrogen (secondary N) is 1. The first kappa shape index (κ1) is 14.2. The van der Waals surface area contributed by atoms with Gasteiger partial charge in [0.05, 0.1) is 19.8 Å². The molecular formula is C9H18N4OS. The van der Waals surface area contributed by atoms with Gasteiger partial charge in [0, 0.05) is 6.54 Å². The first-order valence-corrected chi connectivity index (χ1v) is 5.89. The SMILES string of the molecule is CSC(=NCCOCCN(C)C)NC#N. The van der Waals surface area contributed by atoms with E-state index in [0.717, 1.165) is 6.54 Å². The fourth-order valence-electron chi connectivity index (χ4n) is 0.764. The van der Waals surface area contributed by atoms with Crippen molar-refractivity contribution in [1.29, 1.82) is 5.26 Å². The Labute approximate surface area is 95.5 Å². The summed E-state index contributed by atoms with van der Waals surface area (Å²) < 4.78 is 5.35. The van der Waals surface area contributed by atoms with E-state index in [1.165, 1.54) is 11.8 Å². The van der Waals surface area contributed by atoms with Crippen LogP contribution >= 0.6 is 11.8 Å². The molecule has 0 spiro atoms. The Bertz CT molecular complexity index is 225. The van der Waals surface area contributed by atoms with Gasteiger partial charge in [-0.1, -0.05) is 11.8 Å². The van der Waals surface area contributed by atoms with Crippen LogP contribution in [0.4, 0.5) is 0 Å². The molecule has 0 saturated carbocycles. The standard InChI is InChI=1S/C9H18N4OS/c1-13(2)5-7-14-6-4-11-9(15-3)12-8-10/h4-7H2,1-3H3,(H,11,12). The number of aliphatic imine (C=N–C) groups is 1. The zero-order valence-corrected chi connectivity index (χ0v) is 10.3. The largest absolute Gasteiger partial charge is 0.378 e. The lowest BCUT2D eigenvalue weighted by molar-refractivity contribution is 0.124. The van der Waals surface area contributed by atoms with Crippen molar-refractivity contribution in [1.82, 2.24) is 10.2 Å². The molecule has 0 radical (unpaired) electrons. The van der Waals surface area contributed by atoms with Crippen LogP contribution in [0.2, 0.25) is 0 Å². The fraction of sp³-hybridized carbons (Fsp3) is 0.778. The Balaban J connectivity index is 3.47. The van der Waals surface area contributed by atoms with E-state index in [2.05, 4.69) is 15.2 Å². The molecule has 0 aliphatic carbocycles. The summed E-state index contributed by atoms with van der Waals surface area (Å²) in [6, 6.07) is 0. The number of amidine groups is 1. The van der Waals surface area contributed by atoms with Gasteiger partial charge in [0.1, 0.15) is 0 Å². The molecule has 0 saturated heterocycles. The molecule has 6 heteroatoms. The maximum Gasteiger partial charge on any atom is 0.183 e. The summed E-state index contributed by atoms with van der Waals surface area (Å²) in [6.45, 7) is 2.79. The molecule has 86 valence electrons. The Morgan fingerprint density at radius 3 is 2.80 bits per heavy atom. The van der Waals surface area contributed by atoms with Crippen molar-refractivity contribution in [2.75, 3.05) is 46.7 Å². The lowest BCUT2D eigenvalue weighted by Gasteiger charge is -2.08. The third-order valence-corrected chi connectivity index (χ3v) is 2.15. The Kier molecular flexibility index (Phi) is 9.27. The van der Waals surface area contributed by atoms with E-state index in [4.69, 9.17) is 10.00 Å². The van der Waals surface area contributed by atoms with Gasteiger partial charge in [-0.05, 0) is 20.4 Å². The number of hydrogen-bond acceptors (Lipinski definition) is 5. The highest BCUT2D eigenvalue weighted by Gasteiger charge is 1.94. The van der Waals surface area contributed by atoms with Crippen LogP contribution in [0.25, 0.3) is 0 Å². The topological polar surface area (TPSA) is 60.6 Å². The van der Waals surface area contributed by atoms with Gasteiger partial charge >= 0.3 is 0 Å². The van der Waals surface area contributed by atoms with Gasteiger partial charge in [-0.15, -0.1) is 0 Å². The van der Waals surface area contributed by atoms with E-state index >= 15 is 0 Å². The summed E-state index contributed by atoms with van der Waals surface area (Å²) in [7, 11) is 4.01. The van der Waals surface area contributed by atoms with Crippen molar-refractivity contribution in [3.05, 3.63) is 0 Å². The molecule has 0 aromatic rings.